The fourth-order valence-corrected chi connectivity index (χ4v) is 4.60. The minimum Gasteiger partial charge on any atom is -0.378 e. The first-order chi connectivity index (χ1) is 13.6. The highest BCUT2D eigenvalue weighted by Crippen LogP contribution is 2.35. The minimum atomic E-state index is 0.0758. The Balaban J connectivity index is 1.64. The molecule has 1 aromatic heterocycles. The Morgan fingerprint density at radius 3 is 2.68 bits per heavy atom. The monoisotopic (exact) mass is 394 g/mol. The lowest BCUT2D eigenvalue weighted by Crippen LogP contribution is -2.26. The van der Waals surface area contributed by atoms with Crippen molar-refractivity contribution >= 4 is 38.3 Å². The molecule has 1 fully saturated rings. The highest BCUT2D eigenvalue weighted by Gasteiger charge is 2.24. The van der Waals surface area contributed by atoms with E-state index in [0.717, 1.165) is 46.9 Å². The molecule has 1 unspecified atom stereocenters. The molecule has 1 amide bonds. The Kier molecular flexibility index (Phi) is 5.74. The summed E-state index contributed by atoms with van der Waals surface area (Å²) in [5.74, 6) is 0.534. The van der Waals surface area contributed by atoms with E-state index in [1.807, 2.05) is 36.4 Å². The normalized spacial score (nSPS) is 16.8. The fourth-order valence-electron chi connectivity index (χ4n) is 3.59. The number of fused-ring (bicyclic) bond motifs is 1. The van der Waals surface area contributed by atoms with E-state index in [9.17, 15) is 4.79 Å². The number of para-hydroxylation sites is 1. The van der Waals surface area contributed by atoms with Crippen LogP contribution in [0.2, 0.25) is 0 Å². The summed E-state index contributed by atoms with van der Waals surface area (Å²) in [5.41, 5.74) is 3.07. The van der Waals surface area contributed by atoms with Crippen LogP contribution >= 0.6 is 11.3 Å². The van der Waals surface area contributed by atoms with Crippen LogP contribution in [0.1, 0.15) is 51.0 Å². The topological polar surface area (TPSA) is 42.4 Å². The third-order valence-electron chi connectivity index (χ3n) is 5.25. The van der Waals surface area contributed by atoms with Crippen molar-refractivity contribution in [3.05, 3.63) is 54.1 Å². The quantitative estimate of drug-likeness (QED) is 0.511. The lowest BCUT2D eigenvalue weighted by Gasteiger charge is -2.21. The molecule has 1 aliphatic rings. The summed E-state index contributed by atoms with van der Waals surface area (Å²) in [5, 5.41) is 0.732. The number of thiazole rings is 1. The van der Waals surface area contributed by atoms with E-state index >= 15 is 0 Å². The van der Waals surface area contributed by atoms with Crippen molar-refractivity contribution in [2.24, 2.45) is 0 Å². The third-order valence-corrected chi connectivity index (χ3v) is 6.27. The molecule has 0 bridgehead atoms. The maximum absolute atomic E-state index is 13.2. The molecule has 0 N–H and O–H groups in total. The summed E-state index contributed by atoms with van der Waals surface area (Å²) in [7, 11) is 0. The van der Waals surface area contributed by atoms with E-state index in [1.54, 1.807) is 16.2 Å². The Hall–Kier alpha value is -2.24. The van der Waals surface area contributed by atoms with Crippen molar-refractivity contribution in [3.8, 4) is 0 Å². The number of ether oxygens (including phenoxy) is 1. The molecule has 28 heavy (non-hydrogen) atoms. The molecule has 5 heteroatoms. The number of amides is 1. The van der Waals surface area contributed by atoms with Crippen molar-refractivity contribution in [1.29, 1.82) is 0 Å². The van der Waals surface area contributed by atoms with Gasteiger partial charge in [-0.3, -0.25) is 9.69 Å². The van der Waals surface area contributed by atoms with Gasteiger partial charge in [0.25, 0.3) is 0 Å². The first kappa shape index (κ1) is 19.1. The number of hydrogen-bond donors (Lipinski definition) is 0. The number of carbonyl (C=O) groups excluding carboxylic acids is 1. The van der Waals surface area contributed by atoms with Crippen molar-refractivity contribution in [2.75, 3.05) is 11.5 Å². The van der Waals surface area contributed by atoms with Crippen LogP contribution in [0, 0.1) is 0 Å². The second kappa shape index (κ2) is 8.41. The first-order valence-corrected chi connectivity index (χ1v) is 10.8. The highest BCUT2D eigenvalue weighted by atomic mass is 32.1. The largest absolute Gasteiger partial charge is 0.378 e. The van der Waals surface area contributed by atoms with Crippen LogP contribution in [0.4, 0.5) is 10.8 Å². The van der Waals surface area contributed by atoms with Gasteiger partial charge in [-0.2, -0.15) is 0 Å². The number of carbonyl (C=O) groups is 1. The van der Waals surface area contributed by atoms with E-state index in [2.05, 4.69) is 26.0 Å². The van der Waals surface area contributed by atoms with Gasteiger partial charge in [0.2, 0.25) is 5.91 Å². The van der Waals surface area contributed by atoms with Gasteiger partial charge < -0.3 is 4.74 Å². The van der Waals surface area contributed by atoms with Gasteiger partial charge in [0.15, 0.2) is 5.13 Å². The minimum absolute atomic E-state index is 0.0758. The number of hydrogen-bond acceptors (Lipinski definition) is 4. The molecule has 2 heterocycles. The number of benzene rings is 2. The maximum Gasteiger partial charge on any atom is 0.233 e. The molecule has 1 atom stereocenters. The molecule has 0 aliphatic carbocycles. The predicted octanol–water partition coefficient (Wildman–Crippen LogP) is 6.04. The van der Waals surface area contributed by atoms with Crippen molar-refractivity contribution in [2.45, 2.75) is 51.6 Å². The Morgan fingerprint density at radius 2 is 2.00 bits per heavy atom. The number of rotatable bonds is 6. The van der Waals surface area contributed by atoms with Crippen molar-refractivity contribution in [3.63, 3.8) is 0 Å². The van der Waals surface area contributed by atoms with Crippen LogP contribution in [-0.2, 0) is 9.53 Å². The molecule has 0 saturated carbocycles. The summed E-state index contributed by atoms with van der Waals surface area (Å²) in [6.07, 6.45) is 3.59. The molecular weight excluding hydrogens is 368 g/mol. The molecule has 3 aromatic rings. The zero-order valence-electron chi connectivity index (χ0n) is 16.4. The molecule has 4 nitrogen and oxygen atoms in total. The molecule has 0 spiro atoms. The number of nitrogens with zero attached hydrogens (tertiary/aromatic N) is 2. The second-order valence-electron chi connectivity index (χ2n) is 7.61. The number of anilines is 2. The van der Waals surface area contributed by atoms with E-state index in [0.29, 0.717) is 12.3 Å². The summed E-state index contributed by atoms with van der Waals surface area (Å²) in [6.45, 7) is 5.16. The third kappa shape index (κ3) is 4.10. The molecule has 4 rings (SSSR count). The smallest absolute Gasteiger partial charge is 0.233 e. The standard InChI is InChI=1S/C23H26N2O2S/c1-16(2)17-9-11-18(12-10-17)25(22(26)14-13-19-6-5-15-27-19)23-24-20-7-3-4-8-21(20)28-23/h3-4,7-12,16,19H,5-6,13-15H2,1-2H3. The average Bonchev–Trinajstić information content (AvgIpc) is 3.36. The molecule has 1 aliphatic heterocycles. The van der Waals surface area contributed by atoms with Gasteiger partial charge in [-0.25, -0.2) is 4.98 Å². The first-order valence-electron chi connectivity index (χ1n) is 10.0. The SMILES string of the molecule is CC(C)c1ccc(N(C(=O)CCC2CCCO2)c2nc3ccccc3s2)cc1. The van der Waals surface area contributed by atoms with Crippen LogP contribution in [0.5, 0.6) is 0 Å². The van der Waals surface area contributed by atoms with Crippen LogP contribution in [0.3, 0.4) is 0 Å². The zero-order valence-corrected chi connectivity index (χ0v) is 17.2. The zero-order chi connectivity index (χ0) is 19.5. The van der Waals surface area contributed by atoms with Crippen LogP contribution in [0.15, 0.2) is 48.5 Å². The molecule has 1 saturated heterocycles. The van der Waals surface area contributed by atoms with E-state index in [1.165, 1.54) is 5.56 Å². The van der Waals surface area contributed by atoms with Crippen LogP contribution in [0.25, 0.3) is 10.2 Å². The summed E-state index contributed by atoms with van der Waals surface area (Å²) in [4.78, 5) is 19.8. The van der Waals surface area contributed by atoms with Crippen molar-refractivity contribution < 1.29 is 9.53 Å². The van der Waals surface area contributed by atoms with Gasteiger partial charge in [0.1, 0.15) is 0 Å². The lowest BCUT2D eigenvalue weighted by molar-refractivity contribution is -0.118. The average molecular weight is 395 g/mol. The fraction of sp³-hybridized carbons (Fsp3) is 0.391. The van der Waals surface area contributed by atoms with E-state index < -0.39 is 0 Å². The van der Waals surface area contributed by atoms with E-state index in [4.69, 9.17) is 9.72 Å². The lowest BCUT2D eigenvalue weighted by atomic mass is 10.0. The molecule has 0 radical (unpaired) electrons. The van der Waals surface area contributed by atoms with Gasteiger partial charge in [-0.15, -0.1) is 0 Å². The van der Waals surface area contributed by atoms with Crippen LogP contribution in [-0.4, -0.2) is 23.6 Å². The van der Waals surface area contributed by atoms with Gasteiger partial charge >= 0.3 is 0 Å². The van der Waals surface area contributed by atoms with Gasteiger partial charge in [0, 0.05) is 13.0 Å². The maximum atomic E-state index is 13.2. The molecule has 146 valence electrons. The molecule has 2 aromatic carbocycles. The van der Waals surface area contributed by atoms with E-state index in [-0.39, 0.29) is 12.0 Å². The second-order valence-corrected chi connectivity index (χ2v) is 8.62. The van der Waals surface area contributed by atoms with Crippen LogP contribution < -0.4 is 4.90 Å². The molecular formula is C23H26N2O2S. The van der Waals surface area contributed by atoms with Crippen molar-refractivity contribution in [1.82, 2.24) is 4.98 Å². The summed E-state index contributed by atoms with van der Waals surface area (Å²) < 4.78 is 6.79. The predicted molar refractivity (Wildman–Crippen MR) is 116 cm³/mol. The summed E-state index contributed by atoms with van der Waals surface area (Å²) in [6, 6.07) is 16.3. The summed E-state index contributed by atoms with van der Waals surface area (Å²) >= 11 is 1.56. The number of aromatic nitrogens is 1. The highest BCUT2D eigenvalue weighted by molar-refractivity contribution is 7.22. The Bertz CT molecular complexity index is 910. The van der Waals surface area contributed by atoms with Gasteiger partial charge in [-0.05, 0) is 55.0 Å². The van der Waals surface area contributed by atoms with Gasteiger partial charge in [-0.1, -0.05) is 49.4 Å². The van der Waals surface area contributed by atoms with Gasteiger partial charge in [0.05, 0.1) is 22.0 Å². The Labute approximate surface area is 170 Å². The Morgan fingerprint density at radius 1 is 1.21 bits per heavy atom.